The highest BCUT2D eigenvalue weighted by atomic mass is 16.5. The van der Waals surface area contributed by atoms with E-state index in [1.54, 1.807) is 6.92 Å². The minimum atomic E-state index is -0.411. The first-order valence-corrected chi connectivity index (χ1v) is 7.75. The number of nitrogens with zero attached hydrogens (tertiary/aromatic N) is 1. The van der Waals surface area contributed by atoms with Gasteiger partial charge in [0.25, 0.3) is 0 Å². The zero-order chi connectivity index (χ0) is 15.0. The number of carbonyl (C=O) groups is 1. The summed E-state index contributed by atoms with van der Waals surface area (Å²) in [7, 11) is 0. The van der Waals surface area contributed by atoms with Crippen molar-refractivity contribution in [3.63, 3.8) is 0 Å². The molecule has 118 valence electrons. The third kappa shape index (κ3) is 7.22. The monoisotopic (exact) mass is 286 g/mol. The Morgan fingerprint density at radius 3 is 2.50 bits per heavy atom. The standard InChI is InChI=1S/C15H30N2O3/c1-12(2)10-14(17-6-8-20-9-7-17)11-16-15(19)5-4-13(3)18/h12-14,18H,4-11H2,1-3H3,(H,16,19). The number of hydrogen-bond acceptors (Lipinski definition) is 4. The molecule has 1 rings (SSSR count). The van der Waals surface area contributed by atoms with Crippen molar-refractivity contribution in [1.29, 1.82) is 0 Å². The Labute approximate surface area is 122 Å². The maximum absolute atomic E-state index is 11.8. The molecule has 2 atom stereocenters. The number of aliphatic hydroxyl groups excluding tert-OH is 1. The Kier molecular flexibility index (Phi) is 8.11. The maximum Gasteiger partial charge on any atom is 0.220 e. The molecule has 0 spiro atoms. The summed E-state index contributed by atoms with van der Waals surface area (Å²) >= 11 is 0. The van der Waals surface area contributed by atoms with E-state index in [9.17, 15) is 9.90 Å². The third-order valence-electron chi connectivity index (χ3n) is 3.63. The largest absolute Gasteiger partial charge is 0.393 e. The van der Waals surface area contributed by atoms with Crippen LogP contribution >= 0.6 is 0 Å². The summed E-state index contributed by atoms with van der Waals surface area (Å²) in [6.07, 6.45) is 1.59. The normalized spacial score (nSPS) is 19.9. The van der Waals surface area contributed by atoms with Crippen molar-refractivity contribution >= 4 is 5.91 Å². The molecule has 20 heavy (non-hydrogen) atoms. The number of aliphatic hydroxyl groups is 1. The molecule has 0 bridgehead atoms. The van der Waals surface area contributed by atoms with Crippen molar-refractivity contribution in [1.82, 2.24) is 10.2 Å². The fraction of sp³-hybridized carbons (Fsp3) is 0.933. The number of amides is 1. The van der Waals surface area contributed by atoms with Gasteiger partial charge >= 0.3 is 0 Å². The Hall–Kier alpha value is -0.650. The van der Waals surface area contributed by atoms with Gasteiger partial charge in [0.1, 0.15) is 0 Å². The van der Waals surface area contributed by atoms with Crippen LogP contribution in [0.1, 0.15) is 40.0 Å². The molecule has 1 fully saturated rings. The molecule has 5 nitrogen and oxygen atoms in total. The number of carbonyl (C=O) groups excluding carboxylic acids is 1. The first-order chi connectivity index (χ1) is 9.49. The van der Waals surface area contributed by atoms with E-state index in [0.29, 0.717) is 31.3 Å². The van der Waals surface area contributed by atoms with E-state index < -0.39 is 6.10 Å². The Morgan fingerprint density at radius 1 is 1.30 bits per heavy atom. The van der Waals surface area contributed by atoms with Gasteiger partial charge in [0.05, 0.1) is 19.3 Å². The fourth-order valence-corrected chi connectivity index (χ4v) is 2.51. The SMILES string of the molecule is CC(C)CC(CNC(=O)CCC(C)O)N1CCOCC1. The van der Waals surface area contributed by atoms with Crippen molar-refractivity contribution in [3.8, 4) is 0 Å². The van der Waals surface area contributed by atoms with Crippen LogP contribution in [-0.4, -0.2) is 60.9 Å². The van der Waals surface area contributed by atoms with Gasteiger partial charge in [-0.3, -0.25) is 9.69 Å². The van der Waals surface area contributed by atoms with E-state index in [4.69, 9.17) is 4.74 Å². The van der Waals surface area contributed by atoms with Gasteiger partial charge in [0.15, 0.2) is 0 Å². The van der Waals surface area contributed by atoms with Gasteiger partial charge in [-0.15, -0.1) is 0 Å². The summed E-state index contributed by atoms with van der Waals surface area (Å²) in [5.74, 6) is 0.644. The Bertz CT molecular complexity index is 276. The van der Waals surface area contributed by atoms with Gasteiger partial charge in [-0.25, -0.2) is 0 Å². The average Bonchev–Trinajstić information content (AvgIpc) is 2.41. The molecule has 1 aliphatic rings. The molecular formula is C15H30N2O3. The molecule has 2 unspecified atom stereocenters. The molecule has 1 heterocycles. The minimum Gasteiger partial charge on any atom is -0.393 e. The predicted molar refractivity (Wildman–Crippen MR) is 79.6 cm³/mol. The lowest BCUT2D eigenvalue weighted by Gasteiger charge is -2.35. The van der Waals surface area contributed by atoms with E-state index >= 15 is 0 Å². The fourth-order valence-electron chi connectivity index (χ4n) is 2.51. The molecule has 5 heteroatoms. The Morgan fingerprint density at radius 2 is 1.95 bits per heavy atom. The zero-order valence-corrected chi connectivity index (χ0v) is 13.1. The van der Waals surface area contributed by atoms with E-state index in [1.165, 1.54) is 0 Å². The summed E-state index contributed by atoms with van der Waals surface area (Å²) < 4.78 is 5.39. The van der Waals surface area contributed by atoms with Crippen LogP contribution < -0.4 is 5.32 Å². The zero-order valence-electron chi connectivity index (χ0n) is 13.1. The molecule has 0 saturated carbocycles. The molecule has 0 aromatic carbocycles. The van der Waals surface area contributed by atoms with E-state index in [0.717, 1.165) is 32.7 Å². The second-order valence-corrected chi connectivity index (χ2v) is 6.12. The summed E-state index contributed by atoms with van der Waals surface area (Å²) in [4.78, 5) is 14.2. The van der Waals surface area contributed by atoms with Crippen LogP contribution in [0.4, 0.5) is 0 Å². The van der Waals surface area contributed by atoms with Gasteiger partial charge in [0, 0.05) is 32.1 Å². The molecule has 0 aromatic heterocycles. The van der Waals surface area contributed by atoms with Crippen molar-refractivity contribution in [3.05, 3.63) is 0 Å². The van der Waals surface area contributed by atoms with E-state index in [2.05, 4.69) is 24.1 Å². The van der Waals surface area contributed by atoms with Crippen molar-refractivity contribution in [2.75, 3.05) is 32.8 Å². The Balaban J connectivity index is 2.37. The van der Waals surface area contributed by atoms with Gasteiger partial charge in [-0.1, -0.05) is 13.8 Å². The molecule has 0 aliphatic carbocycles. The predicted octanol–water partition coefficient (Wildman–Crippen LogP) is 1.01. The van der Waals surface area contributed by atoms with Crippen LogP contribution in [0.25, 0.3) is 0 Å². The van der Waals surface area contributed by atoms with Crippen LogP contribution in [0.3, 0.4) is 0 Å². The van der Waals surface area contributed by atoms with Gasteiger partial charge in [-0.2, -0.15) is 0 Å². The number of hydrogen-bond donors (Lipinski definition) is 2. The smallest absolute Gasteiger partial charge is 0.220 e. The van der Waals surface area contributed by atoms with Crippen molar-refractivity contribution < 1.29 is 14.6 Å². The number of rotatable bonds is 8. The van der Waals surface area contributed by atoms with Crippen LogP contribution in [0.5, 0.6) is 0 Å². The number of ether oxygens (including phenoxy) is 1. The van der Waals surface area contributed by atoms with Crippen LogP contribution in [-0.2, 0) is 9.53 Å². The molecule has 1 saturated heterocycles. The lowest BCUT2D eigenvalue weighted by Crippen LogP contribution is -2.49. The topological polar surface area (TPSA) is 61.8 Å². The highest BCUT2D eigenvalue weighted by Gasteiger charge is 2.22. The molecule has 0 radical (unpaired) electrons. The van der Waals surface area contributed by atoms with E-state index in [1.807, 2.05) is 0 Å². The summed E-state index contributed by atoms with van der Waals surface area (Å²) in [6.45, 7) is 10.3. The molecule has 1 aliphatic heterocycles. The summed E-state index contributed by atoms with van der Waals surface area (Å²) in [5, 5.41) is 12.2. The summed E-state index contributed by atoms with van der Waals surface area (Å²) in [6, 6.07) is 0.384. The number of nitrogens with one attached hydrogen (secondary N) is 1. The van der Waals surface area contributed by atoms with Crippen LogP contribution in [0.15, 0.2) is 0 Å². The van der Waals surface area contributed by atoms with Crippen LogP contribution in [0, 0.1) is 5.92 Å². The third-order valence-corrected chi connectivity index (χ3v) is 3.63. The highest BCUT2D eigenvalue weighted by Crippen LogP contribution is 2.13. The van der Waals surface area contributed by atoms with Gasteiger partial charge in [0.2, 0.25) is 5.91 Å². The van der Waals surface area contributed by atoms with Gasteiger partial charge < -0.3 is 15.2 Å². The molecular weight excluding hydrogens is 256 g/mol. The lowest BCUT2D eigenvalue weighted by atomic mass is 10.0. The first-order valence-electron chi connectivity index (χ1n) is 7.75. The van der Waals surface area contributed by atoms with Crippen LogP contribution in [0.2, 0.25) is 0 Å². The van der Waals surface area contributed by atoms with Crippen molar-refractivity contribution in [2.45, 2.75) is 52.2 Å². The second kappa shape index (κ2) is 9.32. The highest BCUT2D eigenvalue weighted by molar-refractivity contribution is 5.75. The van der Waals surface area contributed by atoms with Gasteiger partial charge in [-0.05, 0) is 25.7 Å². The number of morpholine rings is 1. The molecule has 0 aromatic rings. The van der Waals surface area contributed by atoms with E-state index in [-0.39, 0.29) is 5.91 Å². The first kappa shape index (κ1) is 17.4. The quantitative estimate of drug-likeness (QED) is 0.699. The second-order valence-electron chi connectivity index (χ2n) is 6.12. The molecule has 1 amide bonds. The average molecular weight is 286 g/mol. The minimum absolute atomic E-state index is 0.0351. The summed E-state index contributed by atoms with van der Waals surface area (Å²) in [5.41, 5.74) is 0. The van der Waals surface area contributed by atoms with Crippen molar-refractivity contribution in [2.24, 2.45) is 5.92 Å². The maximum atomic E-state index is 11.8. The molecule has 2 N–H and O–H groups in total. The lowest BCUT2D eigenvalue weighted by molar-refractivity contribution is -0.122.